The van der Waals surface area contributed by atoms with E-state index in [1.165, 1.54) is 0 Å². The van der Waals surface area contributed by atoms with E-state index in [0.717, 1.165) is 6.54 Å². The number of hydrogen-bond acceptors (Lipinski definition) is 1. The van der Waals surface area contributed by atoms with Crippen LogP contribution in [0, 0.1) is 0 Å². The Kier molecular flexibility index (Phi) is 21.3. The Morgan fingerprint density at radius 2 is 2.00 bits per heavy atom. The van der Waals surface area contributed by atoms with Gasteiger partial charge < -0.3 is 5.32 Å². The topological polar surface area (TPSA) is 12.0 Å². The molecule has 0 aromatic rings. The Balaban J connectivity index is 0. The maximum Gasteiger partial charge on any atom is 0.0415 e. The summed E-state index contributed by atoms with van der Waals surface area (Å²) in [6.07, 6.45) is 0. The lowest BCUT2D eigenvalue weighted by atomic mass is 10.8. The van der Waals surface area contributed by atoms with Crippen molar-refractivity contribution in [2.75, 3.05) is 13.6 Å². The highest BCUT2D eigenvalue weighted by Gasteiger charge is 1.50. The molecule has 0 aromatic carbocycles. The quantitative estimate of drug-likeness (QED) is 0.540. The van der Waals surface area contributed by atoms with Gasteiger partial charge in [-0.05, 0) is 13.6 Å². The maximum absolute atomic E-state index is 3.54. The number of nitrogens with one attached hydrogen (secondary N) is 1. The lowest BCUT2D eigenvalue weighted by Gasteiger charge is -1.76. The van der Waals surface area contributed by atoms with Gasteiger partial charge in [-0.15, -0.1) is 12.3 Å². The van der Waals surface area contributed by atoms with E-state index in [-0.39, 0.29) is 9.52 Å². The summed E-state index contributed by atoms with van der Waals surface area (Å²) in [5.41, 5.74) is 2.01. The van der Waals surface area contributed by atoms with E-state index in [9.17, 15) is 0 Å². The minimum atomic E-state index is 0.188. The minimum Gasteiger partial charge on any atom is -0.320 e. The lowest BCUT2D eigenvalue weighted by molar-refractivity contribution is 0.864. The summed E-state index contributed by atoms with van der Waals surface area (Å²) in [4.78, 5) is 0. The highest BCUT2D eigenvalue weighted by molar-refractivity contribution is 6.39. The Morgan fingerprint density at radius 3 is 2.00 bits per heavy atom. The molecule has 2 heteroatoms. The van der Waals surface area contributed by atoms with Gasteiger partial charge in [-0.25, -0.2) is 0 Å². The second kappa shape index (κ2) is 15.8. The second-order valence-corrected chi connectivity index (χ2v) is 2.80. The maximum atomic E-state index is 3.54. The van der Waals surface area contributed by atoms with Gasteiger partial charge in [0.2, 0.25) is 0 Å². The molecule has 0 bridgehead atoms. The first-order valence-electron chi connectivity index (χ1n) is 3.08. The molecule has 0 radical (unpaired) electrons. The summed E-state index contributed by atoms with van der Waals surface area (Å²) < 4.78 is 0. The van der Waals surface area contributed by atoms with Crippen LogP contribution in [0.2, 0.25) is 6.55 Å². The predicted molar refractivity (Wildman–Crippen MR) is 44.2 cm³/mol. The fourth-order valence-corrected chi connectivity index (χ4v) is 0. The van der Waals surface area contributed by atoms with E-state index in [2.05, 4.69) is 25.4 Å². The van der Waals surface area contributed by atoms with Gasteiger partial charge in [0.25, 0.3) is 0 Å². The Morgan fingerprint density at radius 1 is 1.75 bits per heavy atom. The second-order valence-electron chi connectivity index (χ2n) is 1.40. The van der Waals surface area contributed by atoms with E-state index in [4.69, 9.17) is 0 Å². The largest absolute Gasteiger partial charge is 0.320 e. The molecule has 1 nitrogen and oxygen atoms in total. The zero-order chi connectivity index (χ0) is 6.83. The van der Waals surface area contributed by atoms with Crippen molar-refractivity contribution in [1.29, 1.82) is 0 Å². The first kappa shape index (κ1) is 10.8. The average Bonchev–Trinajstić information content (AvgIpc) is 1.88. The van der Waals surface area contributed by atoms with Gasteiger partial charge in [0.05, 0.1) is 0 Å². The van der Waals surface area contributed by atoms with Crippen molar-refractivity contribution >= 4 is 9.52 Å². The van der Waals surface area contributed by atoms with Crippen LogP contribution in [0.5, 0.6) is 0 Å². The van der Waals surface area contributed by atoms with E-state index in [1.54, 1.807) is 0 Å². The van der Waals surface area contributed by atoms with E-state index >= 15 is 0 Å². The minimum absolute atomic E-state index is 0.188. The van der Waals surface area contributed by atoms with Gasteiger partial charge in [0.15, 0.2) is 0 Å². The molecule has 0 aliphatic carbocycles. The van der Waals surface area contributed by atoms with Crippen LogP contribution < -0.4 is 5.32 Å². The summed E-state index contributed by atoms with van der Waals surface area (Å²) in [7, 11) is 2.12. The molecule has 0 saturated heterocycles. The molecule has 0 saturated carbocycles. The summed E-state index contributed by atoms with van der Waals surface area (Å²) in [5.74, 6) is 0. The Bertz CT molecular complexity index is 35.5. The third-order valence-corrected chi connectivity index (χ3v) is 1.22. The molecule has 0 aromatic heterocycles. The van der Waals surface area contributed by atoms with Gasteiger partial charge >= 0.3 is 0 Å². The van der Waals surface area contributed by atoms with Crippen molar-refractivity contribution < 1.29 is 0 Å². The number of hydrogen-bond donors (Lipinski definition) is 1. The van der Waals surface area contributed by atoms with Crippen LogP contribution in [-0.4, -0.2) is 23.1 Å². The summed E-state index contributed by atoms with van der Waals surface area (Å²) >= 11 is 0. The van der Waals surface area contributed by atoms with Crippen molar-refractivity contribution in [3.05, 3.63) is 12.3 Å². The Hall–Kier alpha value is -0.0831. The lowest BCUT2D eigenvalue weighted by Crippen LogP contribution is -2.01. The van der Waals surface area contributed by atoms with Crippen LogP contribution in [0.4, 0.5) is 0 Å². The van der Waals surface area contributed by atoms with Crippen molar-refractivity contribution in [1.82, 2.24) is 5.32 Å². The fourth-order valence-electron chi connectivity index (χ4n) is 0. The van der Waals surface area contributed by atoms with Crippen LogP contribution in [0.3, 0.4) is 0 Å². The molecule has 0 aliphatic heterocycles. The molecule has 0 spiro atoms. The summed E-state index contributed by atoms with van der Waals surface area (Å²) in [6, 6.07) is 0. The van der Waals surface area contributed by atoms with E-state index in [1.807, 2.05) is 12.7 Å². The number of rotatable bonds is 2. The van der Waals surface area contributed by atoms with E-state index < -0.39 is 0 Å². The zero-order valence-electron chi connectivity index (χ0n) is 6.20. The standard InChI is InChI=1S/C3H9N.C3H8Si/c2*1-3-4-2/h4H,3H2,1-2H3;3H,1,4H2,2H3. The van der Waals surface area contributed by atoms with Gasteiger partial charge in [0, 0.05) is 9.52 Å². The van der Waals surface area contributed by atoms with Gasteiger partial charge in [0.1, 0.15) is 0 Å². The highest BCUT2D eigenvalue weighted by Crippen LogP contribution is 1.48. The van der Waals surface area contributed by atoms with Crippen LogP contribution >= 0.6 is 0 Å². The SMILES string of the molecule is C=C[SiH2]C.CCNC. The molecule has 0 unspecified atom stereocenters. The summed E-state index contributed by atoms with van der Waals surface area (Å²) in [5, 5.41) is 2.93. The first-order chi connectivity index (χ1) is 3.83. The van der Waals surface area contributed by atoms with Crippen LogP contribution in [0.25, 0.3) is 0 Å². The van der Waals surface area contributed by atoms with Crippen molar-refractivity contribution in [2.45, 2.75) is 13.5 Å². The van der Waals surface area contributed by atoms with Gasteiger partial charge in [-0.3, -0.25) is 0 Å². The zero-order valence-corrected chi connectivity index (χ0v) is 7.61. The third kappa shape index (κ3) is 38.9. The monoisotopic (exact) mass is 131 g/mol. The molecule has 8 heavy (non-hydrogen) atoms. The molecule has 0 aliphatic rings. The first-order valence-corrected chi connectivity index (χ1v) is 5.31. The highest BCUT2D eigenvalue weighted by atomic mass is 28.2. The molecule has 0 amide bonds. The summed E-state index contributed by atoms with van der Waals surface area (Å²) in [6.45, 7) is 8.88. The van der Waals surface area contributed by atoms with Crippen molar-refractivity contribution in [3.8, 4) is 0 Å². The van der Waals surface area contributed by atoms with Crippen molar-refractivity contribution in [2.24, 2.45) is 0 Å². The molecule has 0 fully saturated rings. The smallest absolute Gasteiger partial charge is 0.0415 e. The third-order valence-electron chi connectivity index (χ3n) is 0.642. The molecular weight excluding hydrogens is 114 g/mol. The van der Waals surface area contributed by atoms with Gasteiger partial charge in [-0.2, -0.15) is 0 Å². The van der Waals surface area contributed by atoms with Gasteiger partial charge in [-0.1, -0.05) is 13.5 Å². The van der Waals surface area contributed by atoms with Crippen LogP contribution in [-0.2, 0) is 0 Å². The Labute approximate surface area is 55.0 Å². The van der Waals surface area contributed by atoms with Crippen LogP contribution in [0.15, 0.2) is 12.3 Å². The predicted octanol–water partition coefficient (Wildman–Crippen LogP) is 0.572. The van der Waals surface area contributed by atoms with Crippen LogP contribution in [0.1, 0.15) is 6.92 Å². The normalized spacial score (nSPS) is 8.38. The molecular formula is C6H17NSi. The average molecular weight is 131 g/mol. The molecule has 0 atom stereocenters. The fraction of sp³-hybridized carbons (Fsp3) is 0.667. The van der Waals surface area contributed by atoms with E-state index in [0.29, 0.717) is 0 Å². The molecule has 0 heterocycles. The molecule has 50 valence electrons. The molecule has 1 N–H and O–H groups in total. The molecule has 0 rings (SSSR count). The van der Waals surface area contributed by atoms with Crippen molar-refractivity contribution in [3.63, 3.8) is 0 Å².